The molecule has 0 spiro atoms. The molecular weight excluding hydrogens is 592 g/mol. The third kappa shape index (κ3) is 3.66. The van der Waals surface area contributed by atoms with Gasteiger partial charge in [0.25, 0.3) is 0 Å². The molecule has 7 aromatic rings. The molecule has 0 saturated carbocycles. The Morgan fingerprint density at radius 3 is 1.30 bits per heavy atom. The second-order valence-electron chi connectivity index (χ2n) is 10.1. The van der Waals surface area contributed by atoms with Crippen LogP contribution in [-0.4, -0.2) is 50.1 Å². The first-order valence-corrected chi connectivity index (χ1v) is 13.3. The van der Waals surface area contributed by atoms with Crippen molar-refractivity contribution in [1.29, 1.82) is 0 Å². The molecule has 2 aliphatic heterocycles. The Kier molecular flexibility index (Phi) is 5.36. The fourth-order valence-corrected chi connectivity index (χ4v) is 5.70. The van der Waals surface area contributed by atoms with Gasteiger partial charge < -0.3 is 20.2 Å². The van der Waals surface area contributed by atoms with Gasteiger partial charge in [-0.25, -0.2) is 29.9 Å². The maximum atomic E-state index is 10.9. The summed E-state index contributed by atoms with van der Waals surface area (Å²) < 4.78 is 0. The molecule has 4 N–H and O–H groups in total. The number of fused-ring (bicyclic) bond motifs is 20. The fraction of sp³-hybridized carbons (Fsp3) is 0. The number of H-pyrrole nitrogens is 2. The molecule has 8 bridgehead atoms. The second-order valence-corrected chi connectivity index (χ2v) is 10.1. The molecule has 3 aromatic heterocycles. The third-order valence-corrected chi connectivity index (χ3v) is 7.67. The van der Waals surface area contributed by atoms with Crippen LogP contribution in [0.25, 0.3) is 89.7 Å². The van der Waals surface area contributed by atoms with Crippen molar-refractivity contribution in [3.63, 3.8) is 0 Å². The fourth-order valence-electron chi connectivity index (χ4n) is 5.70. The van der Waals surface area contributed by atoms with Gasteiger partial charge in [0.15, 0.2) is 34.8 Å². The van der Waals surface area contributed by atoms with E-state index >= 15 is 0 Å². The summed E-state index contributed by atoms with van der Waals surface area (Å²) in [5.74, 6) is 1.30. The molecule has 0 amide bonds. The summed E-state index contributed by atoms with van der Waals surface area (Å²) in [5.41, 5.74) is 5.23. The third-order valence-electron chi connectivity index (χ3n) is 7.67. The summed E-state index contributed by atoms with van der Waals surface area (Å²) in [6.45, 7) is 0. The minimum absolute atomic E-state index is 0. The molecule has 1 radical (unpaired) electrons. The van der Waals surface area contributed by atoms with Crippen molar-refractivity contribution in [2.24, 2.45) is 0 Å². The molecule has 10 nitrogen and oxygen atoms in total. The summed E-state index contributed by atoms with van der Waals surface area (Å²) in [6, 6.07) is 26.5. The zero-order valence-electron chi connectivity index (χ0n) is 22.0. The molecule has 0 aliphatic carbocycles. The van der Waals surface area contributed by atoms with Crippen LogP contribution in [0.4, 0.5) is 0 Å². The predicted molar refractivity (Wildman–Crippen MR) is 159 cm³/mol. The van der Waals surface area contributed by atoms with Gasteiger partial charge in [0.1, 0.15) is 22.6 Å². The zero-order valence-corrected chi connectivity index (χ0v) is 22.9. The normalized spacial score (nSPS) is 11.7. The van der Waals surface area contributed by atoms with Gasteiger partial charge in [-0.2, -0.15) is 0 Å². The minimum atomic E-state index is -0.302. The Morgan fingerprint density at radius 1 is 0.419 bits per heavy atom. The minimum Gasteiger partial charge on any atom is -0.504 e. The maximum absolute atomic E-state index is 10.9. The molecule has 0 unspecified atom stereocenters. The Morgan fingerprint density at radius 2 is 0.814 bits per heavy atom. The summed E-state index contributed by atoms with van der Waals surface area (Å²) in [6.07, 6.45) is 0. The number of rotatable bonds is 0. The van der Waals surface area contributed by atoms with Crippen molar-refractivity contribution >= 4 is 44.1 Å². The molecule has 11 heteroatoms. The van der Waals surface area contributed by atoms with Gasteiger partial charge in [-0.15, -0.1) is 0 Å². The number of aromatic nitrogens is 8. The summed E-state index contributed by atoms with van der Waals surface area (Å²) in [7, 11) is 0. The SMILES string of the molecule is Oc1ccc2c3nc4nc(nc5[nH]c(nc6nc(nc([nH]3)c2c1O)-c1ccccc1-6)c1ccccc51)-c1ccccc1-4.[Cu]. The average Bonchev–Trinajstić information content (AvgIpc) is 3.74. The number of phenols is 2. The van der Waals surface area contributed by atoms with E-state index in [1.54, 1.807) is 6.07 Å². The van der Waals surface area contributed by atoms with Gasteiger partial charge in [-0.05, 0) is 12.1 Å². The van der Waals surface area contributed by atoms with E-state index in [1.807, 2.05) is 72.8 Å². The number of benzene rings is 4. The van der Waals surface area contributed by atoms with Crippen LogP contribution in [0.2, 0.25) is 0 Å². The Labute approximate surface area is 252 Å². The van der Waals surface area contributed by atoms with Crippen LogP contribution >= 0.6 is 0 Å². The monoisotopic (exact) mass is 609 g/mol. The van der Waals surface area contributed by atoms with E-state index < -0.39 is 0 Å². The van der Waals surface area contributed by atoms with Crippen molar-refractivity contribution < 1.29 is 27.3 Å². The maximum Gasteiger partial charge on any atom is 0.169 e. The first-order chi connectivity index (χ1) is 20.6. The molecular formula is C32H18CuN8O2. The number of hydrogen-bond donors (Lipinski definition) is 4. The first-order valence-electron chi connectivity index (χ1n) is 13.3. The van der Waals surface area contributed by atoms with Crippen LogP contribution in [0.5, 0.6) is 11.5 Å². The molecule has 43 heavy (non-hydrogen) atoms. The molecule has 0 atom stereocenters. The molecule has 2 aliphatic rings. The van der Waals surface area contributed by atoms with Gasteiger partial charge in [-0.1, -0.05) is 72.8 Å². The number of aromatic hydroxyl groups is 2. The van der Waals surface area contributed by atoms with Gasteiger partial charge in [0.2, 0.25) is 0 Å². The van der Waals surface area contributed by atoms with Gasteiger partial charge in [-0.3, -0.25) is 0 Å². The van der Waals surface area contributed by atoms with Crippen LogP contribution in [0.1, 0.15) is 0 Å². The average molecular weight is 610 g/mol. The van der Waals surface area contributed by atoms with E-state index in [0.29, 0.717) is 56.7 Å². The van der Waals surface area contributed by atoms with Crippen molar-refractivity contribution in [2.75, 3.05) is 0 Å². The molecule has 0 fully saturated rings. The number of nitrogens with zero attached hydrogens (tertiary/aromatic N) is 6. The van der Waals surface area contributed by atoms with Crippen LogP contribution in [0.3, 0.4) is 0 Å². The Balaban J connectivity index is 0.00000278. The van der Waals surface area contributed by atoms with Gasteiger partial charge in [0.05, 0.1) is 5.39 Å². The first kappa shape index (κ1) is 25.1. The van der Waals surface area contributed by atoms with Gasteiger partial charge in [0, 0.05) is 55.5 Å². The number of hydrogen-bond acceptors (Lipinski definition) is 8. The molecule has 0 saturated heterocycles. The number of nitrogens with one attached hydrogen (secondary N) is 2. The van der Waals surface area contributed by atoms with E-state index in [4.69, 9.17) is 29.9 Å². The quantitative estimate of drug-likeness (QED) is 0.116. The smallest absolute Gasteiger partial charge is 0.169 e. The van der Waals surface area contributed by atoms with Crippen molar-refractivity contribution in [3.8, 4) is 57.1 Å². The van der Waals surface area contributed by atoms with Crippen LogP contribution in [0, 0.1) is 0 Å². The summed E-state index contributed by atoms with van der Waals surface area (Å²) in [4.78, 5) is 36.0. The van der Waals surface area contributed by atoms with Crippen LogP contribution < -0.4 is 0 Å². The standard InChI is InChI=1S/C32H18N8O2.Cu/c41-22-14-13-21-23(24(22)42)32-39-30-20-12-6-5-11-19(20)28(37-30)35-26-16-8-2-1-7-15(16)25(33-26)34-27-17-9-3-4-10-18(17)29(36-27)38-31(21)40-32;/h1-14,41-42H,(H2,33,34,35,36,37,38,39,40);. The topological polar surface area (TPSA) is 149 Å². The predicted octanol–water partition coefficient (Wildman–Crippen LogP) is 6.28. The van der Waals surface area contributed by atoms with E-state index in [-0.39, 0.29) is 28.6 Å². The molecule has 4 aromatic carbocycles. The van der Waals surface area contributed by atoms with E-state index in [9.17, 15) is 10.2 Å². The van der Waals surface area contributed by atoms with E-state index in [2.05, 4.69) is 9.97 Å². The number of phenolic OH excluding ortho intramolecular Hbond substituents is 2. The van der Waals surface area contributed by atoms with Gasteiger partial charge >= 0.3 is 0 Å². The van der Waals surface area contributed by atoms with E-state index in [1.165, 1.54) is 6.07 Å². The largest absolute Gasteiger partial charge is 0.504 e. The van der Waals surface area contributed by atoms with Crippen molar-refractivity contribution in [1.82, 2.24) is 39.9 Å². The van der Waals surface area contributed by atoms with Crippen LogP contribution in [-0.2, 0) is 17.1 Å². The summed E-state index contributed by atoms with van der Waals surface area (Å²) in [5, 5.41) is 24.0. The molecule has 9 rings (SSSR count). The number of aromatic amines is 2. The summed E-state index contributed by atoms with van der Waals surface area (Å²) >= 11 is 0. The molecule has 5 heterocycles. The van der Waals surface area contributed by atoms with Crippen molar-refractivity contribution in [3.05, 3.63) is 84.9 Å². The zero-order chi connectivity index (χ0) is 27.9. The van der Waals surface area contributed by atoms with E-state index in [0.717, 1.165) is 33.0 Å². The second kappa shape index (κ2) is 9.18. The molecule has 209 valence electrons. The van der Waals surface area contributed by atoms with Crippen LogP contribution in [0.15, 0.2) is 84.9 Å². The van der Waals surface area contributed by atoms with Crippen molar-refractivity contribution in [2.45, 2.75) is 0 Å². The Hall–Kier alpha value is -5.64. The Bertz CT molecular complexity index is 2460.